The van der Waals surface area contributed by atoms with E-state index in [9.17, 15) is 9.59 Å². The van der Waals surface area contributed by atoms with Crippen LogP contribution in [0.2, 0.25) is 0 Å². The molecule has 0 spiro atoms. The predicted octanol–water partition coefficient (Wildman–Crippen LogP) is 1.14. The first-order valence-corrected chi connectivity index (χ1v) is 7.99. The Kier molecular flexibility index (Phi) is 6.02. The molecule has 0 bridgehead atoms. The minimum atomic E-state index is -0.0781. The standard InChI is InChI=1S/C17H23N3O2.ClH/c18-8-14-10-20(11-15(14)12-4-2-1-3-5-12)17(22)13-6-7-16(21)19-9-13;/h1-5,13-15H,6-11,18H2,(H,19,21);1H/t13?,14-,15+;/m1./s1. The Morgan fingerprint density at radius 1 is 1.26 bits per heavy atom. The first kappa shape index (κ1) is 17.8. The highest BCUT2D eigenvalue weighted by atomic mass is 35.5. The molecule has 0 aromatic heterocycles. The Morgan fingerprint density at radius 3 is 2.61 bits per heavy atom. The van der Waals surface area contributed by atoms with Crippen LogP contribution in [-0.2, 0) is 9.59 Å². The third kappa shape index (κ3) is 3.85. The van der Waals surface area contributed by atoms with Crippen LogP contribution >= 0.6 is 12.4 Å². The van der Waals surface area contributed by atoms with Crippen molar-refractivity contribution in [3.63, 3.8) is 0 Å². The first-order valence-electron chi connectivity index (χ1n) is 7.99. The number of nitrogens with zero attached hydrogens (tertiary/aromatic N) is 1. The number of amides is 2. The Morgan fingerprint density at radius 2 is 2.00 bits per heavy atom. The van der Waals surface area contributed by atoms with Gasteiger partial charge in [-0.1, -0.05) is 30.3 Å². The van der Waals surface area contributed by atoms with Crippen LogP contribution < -0.4 is 11.1 Å². The normalized spacial score (nSPS) is 27.3. The largest absolute Gasteiger partial charge is 0.355 e. The van der Waals surface area contributed by atoms with E-state index in [1.54, 1.807) is 0 Å². The van der Waals surface area contributed by atoms with Crippen LogP contribution in [0.15, 0.2) is 30.3 Å². The van der Waals surface area contributed by atoms with E-state index in [-0.39, 0.29) is 30.1 Å². The smallest absolute Gasteiger partial charge is 0.227 e. The second-order valence-corrected chi connectivity index (χ2v) is 6.30. The van der Waals surface area contributed by atoms with Gasteiger partial charge in [-0.2, -0.15) is 0 Å². The van der Waals surface area contributed by atoms with Gasteiger partial charge in [0, 0.05) is 32.0 Å². The number of nitrogens with one attached hydrogen (secondary N) is 1. The van der Waals surface area contributed by atoms with E-state index in [4.69, 9.17) is 5.73 Å². The molecule has 2 fully saturated rings. The molecule has 6 heteroatoms. The molecule has 126 valence electrons. The van der Waals surface area contributed by atoms with E-state index in [1.807, 2.05) is 23.1 Å². The van der Waals surface area contributed by atoms with E-state index in [1.165, 1.54) is 5.56 Å². The van der Waals surface area contributed by atoms with Crippen LogP contribution in [0.3, 0.4) is 0 Å². The second-order valence-electron chi connectivity index (χ2n) is 6.30. The Balaban J connectivity index is 0.00000192. The summed E-state index contributed by atoms with van der Waals surface area (Å²) < 4.78 is 0. The monoisotopic (exact) mass is 337 g/mol. The minimum Gasteiger partial charge on any atom is -0.355 e. The van der Waals surface area contributed by atoms with Crippen molar-refractivity contribution in [3.05, 3.63) is 35.9 Å². The van der Waals surface area contributed by atoms with Gasteiger partial charge in [-0.3, -0.25) is 9.59 Å². The molecule has 0 radical (unpaired) electrons. The number of rotatable bonds is 3. The summed E-state index contributed by atoms with van der Waals surface area (Å²) in [6, 6.07) is 10.3. The van der Waals surface area contributed by atoms with Crippen molar-refractivity contribution in [3.8, 4) is 0 Å². The van der Waals surface area contributed by atoms with E-state index >= 15 is 0 Å². The van der Waals surface area contributed by atoms with Gasteiger partial charge in [-0.15, -0.1) is 12.4 Å². The average molecular weight is 338 g/mol. The quantitative estimate of drug-likeness (QED) is 0.868. The van der Waals surface area contributed by atoms with Crippen molar-refractivity contribution >= 4 is 24.2 Å². The van der Waals surface area contributed by atoms with E-state index in [0.717, 1.165) is 13.1 Å². The molecule has 0 aliphatic carbocycles. The SMILES string of the molecule is Cl.NC[C@@H]1CN(C(=O)C2CCC(=O)NC2)C[C@H]1c1ccccc1. The van der Waals surface area contributed by atoms with Crippen molar-refractivity contribution in [2.75, 3.05) is 26.2 Å². The topological polar surface area (TPSA) is 75.4 Å². The Hall–Kier alpha value is -1.59. The molecule has 3 rings (SSSR count). The number of nitrogens with two attached hydrogens (primary N) is 1. The van der Waals surface area contributed by atoms with Gasteiger partial charge in [0.1, 0.15) is 0 Å². The lowest BCUT2D eigenvalue weighted by Gasteiger charge is -2.26. The van der Waals surface area contributed by atoms with Gasteiger partial charge in [-0.25, -0.2) is 0 Å². The van der Waals surface area contributed by atoms with Crippen molar-refractivity contribution in [2.45, 2.75) is 18.8 Å². The van der Waals surface area contributed by atoms with Crippen LogP contribution in [0.25, 0.3) is 0 Å². The van der Waals surface area contributed by atoms with Gasteiger partial charge in [-0.05, 0) is 24.4 Å². The Labute approximate surface area is 143 Å². The summed E-state index contributed by atoms with van der Waals surface area (Å²) in [5.41, 5.74) is 7.18. The van der Waals surface area contributed by atoms with Gasteiger partial charge in [0.05, 0.1) is 5.92 Å². The van der Waals surface area contributed by atoms with Crippen molar-refractivity contribution in [1.82, 2.24) is 10.2 Å². The summed E-state index contributed by atoms with van der Waals surface area (Å²) in [5, 5.41) is 2.79. The van der Waals surface area contributed by atoms with Gasteiger partial charge in [0.2, 0.25) is 11.8 Å². The summed E-state index contributed by atoms with van der Waals surface area (Å²) in [6.07, 6.45) is 1.11. The van der Waals surface area contributed by atoms with Crippen molar-refractivity contribution in [2.24, 2.45) is 17.6 Å². The maximum Gasteiger partial charge on any atom is 0.227 e. The molecular weight excluding hydrogens is 314 g/mol. The van der Waals surface area contributed by atoms with Crippen molar-refractivity contribution < 1.29 is 9.59 Å². The third-order valence-corrected chi connectivity index (χ3v) is 4.90. The van der Waals surface area contributed by atoms with Crippen LogP contribution in [0.5, 0.6) is 0 Å². The van der Waals surface area contributed by atoms with E-state index in [2.05, 4.69) is 17.4 Å². The number of halogens is 1. The number of carbonyl (C=O) groups excluding carboxylic acids is 2. The molecule has 2 aliphatic heterocycles. The molecule has 5 nitrogen and oxygen atoms in total. The number of benzene rings is 1. The van der Waals surface area contributed by atoms with Gasteiger partial charge < -0.3 is 16.0 Å². The van der Waals surface area contributed by atoms with E-state index in [0.29, 0.717) is 37.8 Å². The second kappa shape index (κ2) is 7.79. The molecule has 3 atom stereocenters. The maximum absolute atomic E-state index is 12.7. The molecule has 2 aliphatic rings. The molecule has 1 unspecified atom stereocenters. The highest BCUT2D eigenvalue weighted by Gasteiger charge is 2.38. The summed E-state index contributed by atoms with van der Waals surface area (Å²) in [7, 11) is 0. The van der Waals surface area contributed by atoms with Crippen LogP contribution in [0, 0.1) is 11.8 Å². The fourth-order valence-corrected chi connectivity index (χ4v) is 3.57. The molecule has 1 aromatic rings. The zero-order chi connectivity index (χ0) is 15.5. The zero-order valence-corrected chi connectivity index (χ0v) is 13.9. The molecule has 3 N–H and O–H groups in total. The predicted molar refractivity (Wildman–Crippen MR) is 91.3 cm³/mol. The number of likely N-dealkylation sites (tertiary alicyclic amines) is 1. The first-order chi connectivity index (χ1) is 10.7. The lowest BCUT2D eigenvalue weighted by molar-refractivity contribution is -0.136. The third-order valence-electron chi connectivity index (χ3n) is 4.90. The molecular formula is C17H24ClN3O2. The van der Waals surface area contributed by atoms with Gasteiger partial charge in [0.25, 0.3) is 0 Å². The minimum absolute atomic E-state index is 0. The van der Waals surface area contributed by atoms with Gasteiger partial charge >= 0.3 is 0 Å². The zero-order valence-electron chi connectivity index (χ0n) is 13.1. The fourth-order valence-electron chi connectivity index (χ4n) is 3.57. The average Bonchev–Trinajstić information content (AvgIpc) is 3.00. The fraction of sp³-hybridized carbons (Fsp3) is 0.529. The van der Waals surface area contributed by atoms with E-state index < -0.39 is 0 Å². The summed E-state index contributed by atoms with van der Waals surface area (Å²) in [6.45, 7) is 2.51. The summed E-state index contributed by atoms with van der Waals surface area (Å²) in [4.78, 5) is 25.9. The lowest BCUT2D eigenvalue weighted by Crippen LogP contribution is -2.44. The van der Waals surface area contributed by atoms with Gasteiger partial charge in [0.15, 0.2) is 0 Å². The summed E-state index contributed by atoms with van der Waals surface area (Å²) in [5.74, 6) is 0.757. The van der Waals surface area contributed by atoms with Crippen LogP contribution in [0.1, 0.15) is 24.3 Å². The number of hydrogen-bond acceptors (Lipinski definition) is 3. The lowest BCUT2D eigenvalue weighted by atomic mass is 9.89. The molecule has 0 saturated carbocycles. The molecule has 2 amide bonds. The molecule has 2 saturated heterocycles. The van der Waals surface area contributed by atoms with Crippen LogP contribution in [0.4, 0.5) is 0 Å². The highest BCUT2D eigenvalue weighted by Crippen LogP contribution is 2.33. The maximum atomic E-state index is 12.7. The van der Waals surface area contributed by atoms with Crippen molar-refractivity contribution in [1.29, 1.82) is 0 Å². The molecule has 1 aromatic carbocycles. The Bertz CT molecular complexity index is 542. The molecule has 23 heavy (non-hydrogen) atoms. The summed E-state index contributed by atoms with van der Waals surface area (Å²) >= 11 is 0. The number of carbonyl (C=O) groups is 2. The number of piperidine rings is 1. The number of hydrogen-bond donors (Lipinski definition) is 2. The highest BCUT2D eigenvalue weighted by molar-refractivity contribution is 5.85. The molecule has 2 heterocycles. The van der Waals surface area contributed by atoms with Crippen LogP contribution in [-0.4, -0.2) is 42.9 Å².